The molecular formula is C31H36ClN3O5S. The van der Waals surface area contributed by atoms with Gasteiger partial charge in [0.05, 0.1) is 17.7 Å². The Balaban J connectivity index is 1.68. The highest BCUT2D eigenvalue weighted by Gasteiger charge is 2.33. The molecule has 0 aliphatic heterocycles. The number of aryl methyl sites for hydroxylation is 1. The molecule has 218 valence electrons. The average Bonchev–Trinajstić information content (AvgIpc) is 3.48. The fraction of sp³-hybridized carbons (Fsp3) is 0.355. The number of methoxy groups -OCH3 is 1. The molecule has 1 atom stereocenters. The minimum absolute atomic E-state index is 0.00157. The first-order chi connectivity index (χ1) is 19.6. The molecule has 1 aliphatic rings. The summed E-state index contributed by atoms with van der Waals surface area (Å²) in [5.74, 6) is -0.258. The second kappa shape index (κ2) is 13.4. The predicted octanol–water partition coefficient (Wildman–Crippen LogP) is 5.33. The summed E-state index contributed by atoms with van der Waals surface area (Å²) in [4.78, 5) is 28.8. The van der Waals surface area contributed by atoms with Crippen molar-refractivity contribution in [3.05, 3.63) is 88.9 Å². The maximum atomic E-state index is 14.0. The van der Waals surface area contributed by atoms with Crippen LogP contribution < -0.4 is 14.4 Å². The lowest BCUT2D eigenvalue weighted by atomic mass is 10.1. The molecule has 0 radical (unpaired) electrons. The SMILES string of the molecule is COc1ccc(S(=O)(=O)N(CC(=O)N(Cc2cccc(C)c2)[C@@H](C)C(=O)NC2CCCC2)c2ccc(Cl)cc2)cc1. The summed E-state index contributed by atoms with van der Waals surface area (Å²) in [6.45, 7) is 3.28. The monoisotopic (exact) mass is 597 g/mol. The molecule has 0 heterocycles. The number of amides is 2. The number of halogens is 1. The third-order valence-electron chi connectivity index (χ3n) is 7.35. The van der Waals surface area contributed by atoms with Crippen LogP contribution in [0.25, 0.3) is 0 Å². The van der Waals surface area contributed by atoms with Crippen LogP contribution >= 0.6 is 11.6 Å². The van der Waals surface area contributed by atoms with Crippen molar-refractivity contribution in [2.24, 2.45) is 0 Å². The van der Waals surface area contributed by atoms with Gasteiger partial charge >= 0.3 is 0 Å². The average molecular weight is 598 g/mol. The van der Waals surface area contributed by atoms with E-state index in [-0.39, 0.29) is 29.1 Å². The van der Waals surface area contributed by atoms with Crippen molar-refractivity contribution < 1.29 is 22.7 Å². The fourth-order valence-electron chi connectivity index (χ4n) is 4.99. The summed E-state index contributed by atoms with van der Waals surface area (Å²) in [7, 11) is -2.68. The van der Waals surface area contributed by atoms with Crippen LogP contribution in [0.4, 0.5) is 5.69 Å². The molecule has 3 aromatic carbocycles. The van der Waals surface area contributed by atoms with Crippen LogP contribution in [0.15, 0.2) is 77.7 Å². The van der Waals surface area contributed by atoms with Gasteiger partial charge in [-0.15, -0.1) is 0 Å². The Bertz CT molecular complexity index is 1460. The van der Waals surface area contributed by atoms with Crippen molar-refractivity contribution in [1.82, 2.24) is 10.2 Å². The summed E-state index contributed by atoms with van der Waals surface area (Å²) >= 11 is 6.08. The third-order valence-corrected chi connectivity index (χ3v) is 9.39. The van der Waals surface area contributed by atoms with E-state index >= 15 is 0 Å². The normalized spacial score (nSPS) is 14.3. The fourth-order valence-corrected chi connectivity index (χ4v) is 6.53. The minimum atomic E-state index is -4.18. The number of nitrogens with one attached hydrogen (secondary N) is 1. The summed E-state index contributed by atoms with van der Waals surface area (Å²) in [6, 6.07) is 19.2. The number of anilines is 1. The van der Waals surface area contributed by atoms with E-state index in [2.05, 4.69) is 5.32 Å². The van der Waals surface area contributed by atoms with Crippen LogP contribution in [0.5, 0.6) is 5.75 Å². The molecule has 0 aromatic heterocycles. The van der Waals surface area contributed by atoms with Crippen molar-refractivity contribution >= 4 is 39.1 Å². The topological polar surface area (TPSA) is 96.0 Å². The molecule has 8 nitrogen and oxygen atoms in total. The standard InChI is InChI=1S/C31H36ClN3O5S/c1-22-7-6-8-24(19-22)20-34(23(2)31(37)33-26-9-4-5-10-26)30(36)21-35(27-13-11-25(32)12-14-27)41(38,39)29-17-15-28(40-3)16-18-29/h6-8,11-19,23,26H,4-5,9-10,20-21H2,1-3H3,(H,33,37)/t23-/m0/s1. The highest BCUT2D eigenvalue weighted by atomic mass is 35.5. The third kappa shape index (κ3) is 7.59. The Morgan fingerprint density at radius 2 is 1.68 bits per heavy atom. The molecule has 0 saturated heterocycles. The molecule has 0 unspecified atom stereocenters. The van der Waals surface area contributed by atoms with Crippen molar-refractivity contribution in [2.75, 3.05) is 18.0 Å². The van der Waals surface area contributed by atoms with Gasteiger partial charge in [0.15, 0.2) is 0 Å². The van der Waals surface area contributed by atoms with Crippen LogP contribution in [0.3, 0.4) is 0 Å². The van der Waals surface area contributed by atoms with E-state index in [0.29, 0.717) is 10.8 Å². The number of carbonyl (C=O) groups is 2. The largest absolute Gasteiger partial charge is 0.497 e. The number of nitrogens with zero attached hydrogens (tertiary/aromatic N) is 2. The summed E-state index contributed by atoms with van der Waals surface area (Å²) < 4.78 is 34.1. The number of sulfonamides is 1. The first-order valence-electron chi connectivity index (χ1n) is 13.7. The van der Waals surface area contributed by atoms with Crippen LogP contribution in [0.2, 0.25) is 5.02 Å². The molecule has 2 amide bonds. The molecule has 1 N–H and O–H groups in total. The van der Waals surface area contributed by atoms with Gasteiger partial charge in [0.1, 0.15) is 18.3 Å². The molecular weight excluding hydrogens is 562 g/mol. The second-order valence-corrected chi connectivity index (χ2v) is 12.6. The van der Waals surface area contributed by atoms with Gasteiger partial charge in [-0.25, -0.2) is 8.42 Å². The van der Waals surface area contributed by atoms with E-state index in [9.17, 15) is 18.0 Å². The Hall–Kier alpha value is -3.56. The zero-order valence-electron chi connectivity index (χ0n) is 23.5. The van der Waals surface area contributed by atoms with Gasteiger partial charge in [0.25, 0.3) is 10.0 Å². The molecule has 1 fully saturated rings. The maximum Gasteiger partial charge on any atom is 0.264 e. The quantitative estimate of drug-likeness (QED) is 0.322. The van der Waals surface area contributed by atoms with E-state index in [1.54, 1.807) is 43.3 Å². The highest BCUT2D eigenvalue weighted by molar-refractivity contribution is 7.92. The first kappa shape index (κ1) is 30.4. The molecule has 4 rings (SSSR count). The Morgan fingerprint density at radius 3 is 2.29 bits per heavy atom. The summed E-state index contributed by atoms with van der Waals surface area (Å²) in [6.07, 6.45) is 3.94. The Labute approximate surface area is 247 Å². The molecule has 0 spiro atoms. The van der Waals surface area contributed by atoms with Crippen molar-refractivity contribution in [1.29, 1.82) is 0 Å². The Kier molecular flexibility index (Phi) is 9.94. The predicted molar refractivity (Wildman–Crippen MR) is 161 cm³/mol. The van der Waals surface area contributed by atoms with Gasteiger partial charge < -0.3 is 15.0 Å². The van der Waals surface area contributed by atoms with E-state index in [1.807, 2.05) is 31.2 Å². The maximum absolute atomic E-state index is 14.0. The van der Waals surface area contributed by atoms with E-state index < -0.39 is 28.5 Å². The molecule has 0 bridgehead atoms. The van der Waals surface area contributed by atoms with Crippen LogP contribution in [-0.4, -0.2) is 50.9 Å². The van der Waals surface area contributed by atoms with Crippen LogP contribution in [-0.2, 0) is 26.2 Å². The van der Waals surface area contributed by atoms with Crippen LogP contribution in [0, 0.1) is 6.92 Å². The molecule has 1 aliphatic carbocycles. The molecule has 3 aromatic rings. The second-order valence-electron chi connectivity index (χ2n) is 10.3. The van der Waals surface area contributed by atoms with Gasteiger partial charge in [-0.3, -0.25) is 13.9 Å². The summed E-state index contributed by atoms with van der Waals surface area (Å²) in [5, 5.41) is 3.51. The number of ether oxygens (including phenoxy) is 1. The van der Waals surface area contributed by atoms with E-state index in [1.165, 1.54) is 24.1 Å². The molecule has 1 saturated carbocycles. The lowest BCUT2D eigenvalue weighted by Gasteiger charge is -2.32. The number of carbonyl (C=O) groups excluding carboxylic acids is 2. The van der Waals surface area contributed by atoms with Crippen molar-refractivity contribution in [3.8, 4) is 5.75 Å². The van der Waals surface area contributed by atoms with Crippen molar-refractivity contribution in [3.63, 3.8) is 0 Å². The van der Waals surface area contributed by atoms with E-state index in [0.717, 1.165) is 41.1 Å². The summed E-state index contributed by atoms with van der Waals surface area (Å²) in [5.41, 5.74) is 2.13. The lowest BCUT2D eigenvalue weighted by molar-refractivity contribution is -0.139. The number of hydrogen-bond donors (Lipinski definition) is 1. The van der Waals surface area contributed by atoms with Gasteiger partial charge in [-0.2, -0.15) is 0 Å². The zero-order chi connectivity index (χ0) is 29.6. The van der Waals surface area contributed by atoms with Gasteiger partial charge in [-0.05, 0) is 80.8 Å². The Morgan fingerprint density at radius 1 is 1.02 bits per heavy atom. The highest BCUT2D eigenvalue weighted by Crippen LogP contribution is 2.27. The first-order valence-corrected chi connectivity index (χ1v) is 15.5. The zero-order valence-corrected chi connectivity index (χ0v) is 25.1. The van der Waals surface area contributed by atoms with Crippen molar-refractivity contribution in [2.45, 2.75) is 63.1 Å². The minimum Gasteiger partial charge on any atom is -0.497 e. The molecule has 10 heteroatoms. The van der Waals surface area contributed by atoms with Crippen LogP contribution in [0.1, 0.15) is 43.7 Å². The lowest BCUT2D eigenvalue weighted by Crippen LogP contribution is -2.52. The van der Waals surface area contributed by atoms with Gasteiger partial charge in [-0.1, -0.05) is 54.3 Å². The number of rotatable bonds is 11. The number of hydrogen-bond acceptors (Lipinski definition) is 5. The smallest absolute Gasteiger partial charge is 0.264 e. The van der Waals surface area contributed by atoms with Gasteiger partial charge in [0, 0.05) is 17.6 Å². The molecule has 41 heavy (non-hydrogen) atoms. The van der Waals surface area contributed by atoms with E-state index in [4.69, 9.17) is 16.3 Å². The van der Waals surface area contributed by atoms with Gasteiger partial charge in [0.2, 0.25) is 11.8 Å². The number of benzene rings is 3.